The van der Waals surface area contributed by atoms with E-state index in [4.69, 9.17) is 9.47 Å². The maximum atomic E-state index is 14.1. The van der Waals surface area contributed by atoms with Crippen molar-refractivity contribution >= 4 is 12.0 Å². The second-order valence-corrected chi connectivity index (χ2v) is 14.7. The number of aliphatic hydroxyl groups is 2. The van der Waals surface area contributed by atoms with E-state index < -0.39 is 41.9 Å². The molecule has 0 heterocycles. The molecule has 0 aliphatic heterocycles. The Hall–Kier alpha value is -3.14. The summed E-state index contributed by atoms with van der Waals surface area (Å²) in [6.45, 7) is 13.1. The van der Waals surface area contributed by atoms with Crippen molar-refractivity contribution in [1.29, 1.82) is 0 Å². The Morgan fingerprint density at radius 3 is 2.35 bits per heavy atom. The van der Waals surface area contributed by atoms with Gasteiger partial charge in [0.2, 0.25) is 5.91 Å². The largest absolute Gasteiger partial charge is 0.492 e. The molecule has 0 spiro atoms. The van der Waals surface area contributed by atoms with Gasteiger partial charge in [0.25, 0.3) is 0 Å². The van der Waals surface area contributed by atoms with Gasteiger partial charge in [-0.1, -0.05) is 82.3 Å². The van der Waals surface area contributed by atoms with Crippen molar-refractivity contribution in [3.05, 3.63) is 65.2 Å². The van der Waals surface area contributed by atoms with Gasteiger partial charge in [0.05, 0.1) is 24.3 Å². The molecular weight excluding hydrogens is 606 g/mol. The number of alkyl carbamates (subject to hydrolysis) is 1. The van der Waals surface area contributed by atoms with Gasteiger partial charge in [-0.25, -0.2) is 4.79 Å². The molecule has 2 aromatic carbocycles. The zero-order chi connectivity index (χ0) is 34.7. The van der Waals surface area contributed by atoms with Crippen LogP contribution in [0.4, 0.5) is 4.79 Å². The molecule has 48 heavy (non-hydrogen) atoms. The molecule has 5 atom stereocenters. The standard InChI is InChI=1S/C39H59N3O6/c1-6-42(7-2)21-22-47-31-19-17-28(18-20-31)23-30(37(45)41-36-32-16-12-11-15-29(32)25-35(36)44)26-34(43)33(24-27-13-9-8-10-14-27)40-38(46)48-39(3,4)5/h11-12,15-20,27,30,33-36,43-44H,6-10,13-14,21-26H2,1-5H3,(H,40,46)(H,41,45)/t30-,33+,34+,35-,36+/m1/s1. The van der Waals surface area contributed by atoms with Crippen LogP contribution in [0.5, 0.6) is 5.75 Å². The Bertz CT molecular complexity index is 1290. The number of carbonyl (C=O) groups is 2. The molecule has 1 saturated carbocycles. The van der Waals surface area contributed by atoms with Gasteiger partial charge < -0.3 is 35.2 Å². The van der Waals surface area contributed by atoms with Crippen LogP contribution < -0.4 is 15.4 Å². The van der Waals surface area contributed by atoms with E-state index in [1.54, 1.807) is 0 Å². The van der Waals surface area contributed by atoms with E-state index in [2.05, 4.69) is 29.4 Å². The average molecular weight is 666 g/mol. The molecule has 0 radical (unpaired) electrons. The van der Waals surface area contributed by atoms with Crippen LogP contribution in [0.25, 0.3) is 0 Å². The number of nitrogens with zero attached hydrogens (tertiary/aromatic N) is 1. The fraction of sp³-hybridized carbons (Fsp3) is 0.641. The van der Waals surface area contributed by atoms with Crippen LogP contribution in [0.15, 0.2) is 48.5 Å². The lowest BCUT2D eigenvalue weighted by atomic mass is 9.82. The van der Waals surface area contributed by atoms with Crippen molar-refractivity contribution < 1.29 is 29.3 Å². The third-order valence-electron chi connectivity index (χ3n) is 9.85. The number of carbonyl (C=O) groups excluding carboxylic acids is 2. The van der Waals surface area contributed by atoms with E-state index in [-0.39, 0.29) is 12.3 Å². The number of fused-ring (bicyclic) bond motifs is 1. The minimum atomic E-state index is -0.973. The second kappa shape index (κ2) is 18.0. The van der Waals surface area contributed by atoms with Crippen molar-refractivity contribution in [2.75, 3.05) is 26.2 Å². The van der Waals surface area contributed by atoms with Crippen LogP contribution >= 0.6 is 0 Å². The highest BCUT2D eigenvalue weighted by molar-refractivity contribution is 5.80. The number of ether oxygens (including phenoxy) is 2. The highest BCUT2D eigenvalue weighted by atomic mass is 16.6. The normalized spacial score (nSPS) is 20.1. The van der Waals surface area contributed by atoms with Crippen molar-refractivity contribution in [2.45, 2.75) is 122 Å². The lowest BCUT2D eigenvalue weighted by Crippen LogP contribution is -2.48. The maximum absolute atomic E-state index is 14.1. The first-order chi connectivity index (χ1) is 23.0. The van der Waals surface area contributed by atoms with E-state index in [1.807, 2.05) is 69.3 Å². The Labute approximate surface area is 287 Å². The summed E-state index contributed by atoms with van der Waals surface area (Å²) in [5.41, 5.74) is 2.21. The Morgan fingerprint density at radius 2 is 1.69 bits per heavy atom. The predicted octanol–water partition coefficient (Wildman–Crippen LogP) is 5.96. The Morgan fingerprint density at radius 1 is 1.00 bits per heavy atom. The summed E-state index contributed by atoms with van der Waals surface area (Å²) in [7, 11) is 0. The summed E-state index contributed by atoms with van der Waals surface area (Å²) in [6.07, 6.45) is 4.99. The number of hydrogen-bond donors (Lipinski definition) is 4. The molecule has 1 fully saturated rings. The number of benzene rings is 2. The summed E-state index contributed by atoms with van der Waals surface area (Å²) >= 11 is 0. The molecule has 2 aliphatic rings. The molecule has 2 aromatic rings. The van der Waals surface area contributed by atoms with E-state index in [0.717, 1.165) is 67.8 Å². The van der Waals surface area contributed by atoms with Gasteiger partial charge >= 0.3 is 6.09 Å². The summed E-state index contributed by atoms with van der Waals surface area (Å²) in [6, 6.07) is 14.5. The minimum Gasteiger partial charge on any atom is -0.492 e. The highest BCUT2D eigenvalue weighted by Crippen LogP contribution is 2.33. The molecule has 4 rings (SSSR count). The van der Waals surface area contributed by atoms with Gasteiger partial charge in [-0.3, -0.25) is 4.79 Å². The Kier molecular flexibility index (Phi) is 14.1. The Balaban J connectivity index is 1.51. The number of hydrogen-bond acceptors (Lipinski definition) is 7. The van der Waals surface area contributed by atoms with Gasteiger partial charge in [0.1, 0.15) is 18.0 Å². The highest BCUT2D eigenvalue weighted by Gasteiger charge is 2.36. The number of likely N-dealkylation sites (N-methyl/N-ethyl adjacent to an activating group) is 1. The lowest BCUT2D eigenvalue weighted by Gasteiger charge is -2.32. The first-order valence-corrected chi connectivity index (χ1v) is 18.1. The van der Waals surface area contributed by atoms with Crippen LogP contribution in [0.2, 0.25) is 0 Å². The van der Waals surface area contributed by atoms with Gasteiger partial charge in [-0.05, 0) is 87.9 Å². The fourth-order valence-electron chi connectivity index (χ4n) is 7.15. The predicted molar refractivity (Wildman–Crippen MR) is 189 cm³/mol. The van der Waals surface area contributed by atoms with E-state index >= 15 is 0 Å². The number of amides is 2. The van der Waals surface area contributed by atoms with Crippen LogP contribution in [0.3, 0.4) is 0 Å². The third kappa shape index (κ3) is 11.5. The van der Waals surface area contributed by atoms with Crippen LogP contribution in [-0.2, 0) is 22.4 Å². The average Bonchev–Trinajstić information content (AvgIpc) is 3.37. The lowest BCUT2D eigenvalue weighted by molar-refractivity contribution is -0.127. The van der Waals surface area contributed by atoms with Crippen molar-refractivity contribution in [1.82, 2.24) is 15.5 Å². The van der Waals surface area contributed by atoms with Crippen molar-refractivity contribution in [2.24, 2.45) is 11.8 Å². The molecule has 0 bridgehead atoms. The molecule has 0 unspecified atom stereocenters. The van der Waals surface area contributed by atoms with Gasteiger partial charge in [-0.15, -0.1) is 0 Å². The quantitative estimate of drug-likeness (QED) is 0.175. The van der Waals surface area contributed by atoms with Crippen molar-refractivity contribution in [3.63, 3.8) is 0 Å². The van der Waals surface area contributed by atoms with Crippen LogP contribution in [0.1, 0.15) is 102 Å². The molecule has 4 N–H and O–H groups in total. The zero-order valence-corrected chi connectivity index (χ0v) is 29.7. The van der Waals surface area contributed by atoms with Crippen LogP contribution in [0, 0.1) is 11.8 Å². The fourth-order valence-corrected chi connectivity index (χ4v) is 7.15. The smallest absolute Gasteiger partial charge is 0.407 e. The molecule has 9 heteroatoms. The zero-order valence-electron chi connectivity index (χ0n) is 29.7. The SMILES string of the molecule is CCN(CC)CCOc1ccc(C[C@H](C[C@H](O)[C@H](CC2CCCCC2)NC(=O)OC(C)(C)C)C(=O)N[C@H]2c3ccccc3C[C@H]2O)cc1. The third-order valence-corrected chi connectivity index (χ3v) is 9.85. The summed E-state index contributed by atoms with van der Waals surface area (Å²) in [5, 5.41) is 28.7. The number of rotatable bonds is 16. The van der Waals surface area contributed by atoms with Gasteiger partial charge in [0.15, 0.2) is 0 Å². The molecule has 9 nitrogen and oxygen atoms in total. The van der Waals surface area contributed by atoms with Gasteiger partial charge in [0, 0.05) is 18.9 Å². The summed E-state index contributed by atoms with van der Waals surface area (Å²) in [5.74, 6) is 0.318. The summed E-state index contributed by atoms with van der Waals surface area (Å²) in [4.78, 5) is 29.3. The molecule has 2 aliphatic carbocycles. The minimum absolute atomic E-state index is 0.144. The second-order valence-electron chi connectivity index (χ2n) is 14.7. The monoisotopic (exact) mass is 665 g/mol. The van der Waals surface area contributed by atoms with E-state index in [1.165, 1.54) is 6.42 Å². The molecule has 266 valence electrons. The number of nitrogens with one attached hydrogen (secondary N) is 2. The molecule has 0 aromatic heterocycles. The van der Waals surface area contributed by atoms with E-state index in [9.17, 15) is 19.8 Å². The van der Waals surface area contributed by atoms with Crippen LogP contribution in [-0.4, -0.2) is 77.2 Å². The first kappa shape index (κ1) is 37.7. The number of aliphatic hydroxyl groups excluding tert-OH is 2. The molecule has 0 saturated heterocycles. The molecular formula is C39H59N3O6. The first-order valence-electron chi connectivity index (χ1n) is 18.1. The summed E-state index contributed by atoms with van der Waals surface area (Å²) < 4.78 is 11.6. The maximum Gasteiger partial charge on any atom is 0.407 e. The van der Waals surface area contributed by atoms with Crippen molar-refractivity contribution in [3.8, 4) is 5.75 Å². The van der Waals surface area contributed by atoms with E-state index in [0.29, 0.717) is 31.8 Å². The van der Waals surface area contributed by atoms with Gasteiger partial charge in [-0.2, -0.15) is 0 Å². The molecule has 2 amide bonds. The topological polar surface area (TPSA) is 120 Å².